The number of rotatable bonds is 26. The first-order chi connectivity index (χ1) is 20.7. The lowest BCUT2D eigenvalue weighted by atomic mass is 10.0. The van der Waals surface area contributed by atoms with Crippen molar-refractivity contribution in [2.24, 2.45) is 0 Å². The van der Waals surface area contributed by atoms with E-state index in [1.54, 1.807) is 0 Å². The van der Waals surface area contributed by atoms with Gasteiger partial charge in [0.15, 0.2) is 0 Å². The maximum absolute atomic E-state index is 5.71. The number of nitrogens with two attached hydrogens (primary N) is 2. The summed E-state index contributed by atoms with van der Waals surface area (Å²) in [5.74, 6) is 0. The summed E-state index contributed by atoms with van der Waals surface area (Å²) in [7, 11) is 0. The molecule has 0 aliphatic carbocycles. The summed E-state index contributed by atoms with van der Waals surface area (Å²) in [5.41, 5.74) is 16.0. The molecule has 2 heteroatoms. The Balaban J connectivity index is 0.000000428. The molecule has 0 saturated carbocycles. The van der Waals surface area contributed by atoms with Gasteiger partial charge >= 0.3 is 0 Å². The van der Waals surface area contributed by atoms with Crippen molar-refractivity contribution in [3.63, 3.8) is 0 Å². The van der Waals surface area contributed by atoms with E-state index in [0.29, 0.717) is 0 Å². The van der Waals surface area contributed by atoms with Crippen LogP contribution in [-0.2, 0) is 12.8 Å². The Morgan fingerprint density at radius 1 is 0.310 bits per heavy atom. The molecule has 0 aliphatic heterocycles. The van der Waals surface area contributed by atoms with Crippen molar-refractivity contribution in [1.82, 2.24) is 0 Å². The first-order valence-corrected chi connectivity index (χ1v) is 18.3. The molecule has 0 heterocycles. The largest absolute Gasteiger partial charge is 0.399 e. The van der Waals surface area contributed by atoms with Crippen molar-refractivity contribution >= 4 is 11.4 Å². The number of nitrogen functional groups attached to an aromatic ring is 2. The van der Waals surface area contributed by atoms with Gasteiger partial charge in [0.2, 0.25) is 0 Å². The molecule has 0 unspecified atom stereocenters. The van der Waals surface area contributed by atoms with Crippen molar-refractivity contribution in [3.05, 3.63) is 59.7 Å². The highest BCUT2D eigenvalue weighted by Gasteiger charge is 1.97. The third kappa shape index (κ3) is 24.6. The Morgan fingerprint density at radius 3 is 0.762 bits per heavy atom. The summed E-state index contributed by atoms with van der Waals surface area (Å²) >= 11 is 0. The molecule has 0 aromatic heterocycles. The second-order valence-corrected chi connectivity index (χ2v) is 12.8. The molecule has 0 atom stereocenters. The molecule has 0 spiro atoms. The normalized spacial score (nSPS) is 10.9. The van der Waals surface area contributed by atoms with Crippen molar-refractivity contribution in [2.45, 2.75) is 181 Å². The number of anilines is 2. The van der Waals surface area contributed by atoms with Gasteiger partial charge in [-0.3, -0.25) is 0 Å². The van der Waals surface area contributed by atoms with Crippen LogP contribution in [0, 0.1) is 0 Å². The molecular weight excluding hydrogens is 508 g/mol. The molecule has 0 aliphatic rings. The fourth-order valence-electron chi connectivity index (χ4n) is 5.71. The highest BCUT2D eigenvalue weighted by Crippen LogP contribution is 2.15. The molecule has 2 aromatic rings. The SMILES string of the molecule is CCCCCCCCCCCCCCCCc1ccc(N)cc1.CCCCCCCCCCCCc1ccc(N)cc1. The molecule has 4 N–H and O–H groups in total. The van der Waals surface area contributed by atoms with E-state index in [1.165, 1.54) is 178 Å². The van der Waals surface area contributed by atoms with Crippen LogP contribution >= 0.6 is 0 Å². The lowest BCUT2D eigenvalue weighted by molar-refractivity contribution is 0.535. The Hall–Kier alpha value is -1.96. The zero-order valence-corrected chi connectivity index (χ0v) is 28.2. The number of aryl methyl sites for hydroxylation is 2. The highest BCUT2D eigenvalue weighted by atomic mass is 14.5. The van der Waals surface area contributed by atoms with Gasteiger partial charge in [-0.15, -0.1) is 0 Å². The van der Waals surface area contributed by atoms with E-state index in [1.807, 2.05) is 24.3 Å². The van der Waals surface area contributed by atoms with E-state index in [-0.39, 0.29) is 0 Å². The summed E-state index contributed by atoms with van der Waals surface area (Å²) in [6, 6.07) is 16.7. The molecule has 2 rings (SSSR count). The fourth-order valence-corrected chi connectivity index (χ4v) is 5.71. The first-order valence-electron chi connectivity index (χ1n) is 18.3. The standard InChI is InChI=1S/C22H39N.C18H31N/c1-2-3-4-5-6-7-8-9-10-11-12-13-14-15-16-21-17-19-22(23)20-18-21;1-2-3-4-5-6-7-8-9-10-11-12-17-13-15-18(19)16-14-17/h17-20H,2-16,23H2,1H3;13-16H,2-12,19H2,1H3. The average Bonchev–Trinajstić information content (AvgIpc) is 3.00. The van der Waals surface area contributed by atoms with E-state index >= 15 is 0 Å². The van der Waals surface area contributed by atoms with E-state index in [9.17, 15) is 0 Å². The van der Waals surface area contributed by atoms with Gasteiger partial charge in [0.1, 0.15) is 0 Å². The summed E-state index contributed by atoms with van der Waals surface area (Å²) < 4.78 is 0. The molecule has 0 saturated heterocycles. The van der Waals surface area contributed by atoms with Gasteiger partial charge < -0.3 is 11.5 Å². The number of hydrogen-bond acceptors (Lipinski definition) is 2. The monoisotopic (exact) mass is 579 g/mol. The van der Waals surface area contributed by atoms with E-state index in [0.717, 1.165) is 11.4 Å². The van der Waals surface area contributed by atoms with Crippen LogP contribution in [0.3, 0.4) is 0 Å². The number of benzene rings is 2. The van der Waals surface area contributed by atoms with Crippen LogP contribution in [0.25, 0.3) is 0 Å². The third-order valence-electron chi connectivity index (χ3n) is 8.60. The van der Waals surface area contributed by atoms with Gasteiger partial charge in [-0.25, -0.2) is 0 Å². The van der Waals surface area contributed by atoms with Gasteiger partial charge in [0.05, 0.1) is 0 Å². The minimum absolute atomic E-state index is 0.867. The van der Waals surface area contributed by atoms with E-state index < -0.39 is 0 Å². The van der Waals surface area contributed by atoms with Crippen LogP contribution in [-0.4, -0.2) is 0 Å². The van der Waals surface area contributed by atoms with Gasteiger partial charge in [0, 0.05) is 11.4 Å². The predicted molar refractivity (Wildman–Crippen MR) is 191 cm³/mol. The fraction of sp³-hybridized carbons (Fsp3) is 0.700. The Morgan fingerprint density at radius 2 is 0.524 bits per heavy atom. The maximum Gasteiger partial charge on any atom is 0.0314 e. The Labute approximate surface area is 262 Å². The van der Waals surface area contributed by atoms with Crippen LogP contribution in [0.1, 0.15) is 179 Å². The Kier molecular flexibility index (Phi) is 26.4. The zero-order chi connectivity index (χ0) is 30.4. The van der Waals surface area contributed by atoms with E-state index in [2.05, 4.69) is 38.1 Å². The molecule has 0 radical (unpaired) electrons. The second-order valence-electron chi connectivity index (χ2n) is 12.8. The summed E-state index contributed by atoms with van der Waals surface area (Å²) in [6.07, 6.45) is 36.4. The lowest BCUT2D eigenvalue weighted by Gasteiger charge is -2.04. The van der Waals surface area contributed by atoms with Gasteiger partial charge in [0.25, 0.3) is 0 Å². The van der Waals surface area contributed by atoms with Crippen LogP contribution in [0.4, 0.5) is 11.4 Å². The smallest absolute Gasteiger partial charge is 0.0314 e. The van der Waals surface area contributed by atoms with Crippen molar-refractivity contribution in [1.29, 1.82) is 0 Å². The molecule has 42 heavy (non-hydrogen) atoms. The first kappa shape index (κ1) is 38.1. The van der Waals surface area contributed by atoms with Crippen molar-refractivity contribution in [2.75, 3.05) is 11.5 Å². The maximum atomic E-state index is 5.71. The van der Waals surface area contributed by atoms with Crippen molar-refractivity contribution in [3.8, 4) is 0 Å². The van der Waals surface area contributed by atoms with Gasteiger partial charge in [-0.2, -0.15) is 0 Å². The molecule has 2 aromatic carbocycles. The van der Waals surface area contributed by atoms with Crippen LogP contribution in [0.5, 0.6) is 0 Å². The molecule has 240 valence electrons. The van der Waals surface area contributed by atoms with E-state index in [4.69, 9.17) is 11.5 Å². The van der Waals surface area contributed by atoms with Crippen LogP contribution in [0.2, 0.25) is 0 Å². The lowest BCUT2D eigenvalue weighted by Crippen LogP contribution is -1.88. The highest BCUT2D eigenvalue weighted by molar-refractivity contribution is 5.39. The quantitative estimate of drug-likeness (QED) is 0.0861. The molecule has 2 nitrogen and oxygen atoms in total. The minimum atomic E-state index is 0.867. The van der Waals surface area contributed by atoms with Crippen molar-refractivity contribution < 1.29 is 0 Å². The summed E-state index contributed by atoms with van der Waals surface area (Å²) in [5, 5.41) is 0. The molecule has 0 amide bonds. The van der Waals surface area contributed by atoms with Gasteiger partial charge in [-0.05, 0) is 61.1 Å². The Bertz CT molecular complexity index is 795. The predicted octanol–water partition coefficient (Wildman–Crippen LogP) is 13.0. The van der Waals surface area contributed by atoms with Gasteiger partial charge in [-0.1, -0.05) is 179 Å². The van der Waals surface area contributed by atoms with Crippen LogP contribution < -0.4 is 11.5 Å². The topological polar surface area (TPSA) is 52.0 Å². The molecule has 0 bridgehead atoms. The second kappa shape index (κ2) is 29.1. The summed E-state index contributed by atoms with van der Waals surface area (Å²) in [6.45, 7) is 4.57. The average molecular weight is 579 g/mol. The number of hydrogen-bond donors (Lipinski definition) is 2. The molecule has 0 fully saturated rings. The third-order valence-corrected chi connectivity index (χ3v) is 8.60. The summed E-state index contributed by atoms with van der Waals surface area (Å²) in [4.78, 5) is 0. The van der Waals surface area contributed by atoms with Crippen LogP contribution in [0.15, 0.2) is 48.5 Å². The zero-order valence-electron chi connectivity index (χ0n) is 28.2. The molecular formula is C40H70N2. The number of unbranched alkanes of at least 4 members (excludes halogenated alkanes) is 22. The minimum Gasteiger partial charge on any atom is -0.399 e.